The minimum atomic E-state index is -3.16. The molecule has 38 heavy (non-hydrogen) atoms. The van der Waals surface area contributed by atoms with Crippen LogP contribution in [0.25, 0.3) is 11.1 Å². The monoisotopic (exact) mass is 560 g/mol. The van der Waals surface area contributed by atoms with Crippen LogP contribution in [0.2, 0.25) is 0 Å². The Hall–Kier alpha value is -3.14. The average Bonchev–Trinajstić information content (AvgIpc) is 3.15. The van der Waals surface area contributed by atoms with Crippen LogP contribution in [0, 0.1) is 17.6 Å². The molecule has 1 aliphatic carbocycles. The average molecular weight is 561 g/mol. The molecule has 5 rings (SSSR count). The first-order chi connectivity index (χ1) is 17.7. The topological polar surface area (TPSA) is 76.6 Å². The standard InChI is InChI=1S/C28H26F2N2O4S.ClH/c1-37(34,35)32-10-6-18(7-11-32)8-12-36-23-4-5-24-25(16-23)28(33)27(19-3-2-9-31-17-19)26(24)20-13-21(29)15-22(30)14-20;/h2-5,9,13-18H,6-8,10-12H2,1H3;1H. The molecule has 2 aromatic carbocycles. The maximum absolute atomic E-state index is 14.1. The first-order valence-corrected chi connectivity index (χ1v) is 13.9. The fraction of sp³-hybridized carbons (Fsp3) is 0.286. The van der Waals surface area contributed by atoms with E-state index < -0.39 is 21.7 Å². The quantitative estimate of drug-likeness (QED) is 0.388. The second-order valence-electron chi connectivity index (χ2n) is 9.43. The van der Waals surface area contributed by atoms with Crippen molar-refractivity contribution in [3.05, 3.63) is 94.8 Å². The Balaban J connectivity index is 0.00000336. The molecule has 0 N–H and O–H groups in total. The van der Waals surface area contributed by atoms with Gasteiger partial charge in [0.25, 0.3) is 0 Å². The Bertz CT molecular complexity index is 1470. The molecule has 1 aliphatic heterocycles. The number of piperidine rings is 1. The molecule has 0 atom stereocenters. The van der Waals surface area contributed by atoms with Crippen LogP contribution in [0.15, 0.2) is 60.9 Å². The van der Waals surface area contributed by atoms with Crippen LogP contribution in [0.1, 0.15) is 46.3 Å². The number of aromatic nitrogens is 1. The number of benzene rings is 2. The number of rotatable bonds is 7. The lowest BCUT2D eigenvalue weighted by molar-refractivity contribution is 0.105. The smallest absolute Gasteiger partial charge is 0.211 e. The van der Waals surface area contributed by atoms with E-state index in [-0.39, 0.29) is 23.8 Å². The van der Waals surface area contributed by atoms with Crippen molar-refractivity contribution in [2.45, 2.75) is 19.3 Å². The van der Waals surface area contributed by atoms with E-state index >= 15 is 0 Å². The molecule has 0 amide bonds. The second kappa shape index (κ2) is 11.3. The predicted octanol–water partition coefficient (Wildman–Crippen LogP) is 5.38. The lowest BCUT2D eigenvalue weighted by atomic mass is 9.94. The van der Waals surface area contributed by atoms with Crippen molar-refractivity contribution in [3.8, 4) is 5.75 Å². The minimum Gasteiger partial charge on any atom is -0.494 e. The van der Waals surface area contributed by atoms with Gasteiger partial charge in [0, 0.05) is 53.8 Å². The zero-order chi connectivity index (χ0) is 26.2. The zero-order valence-corrected chi connectivity index (χ0v) is 22.3. The molecule has 1 saturated heterocycles. The third-order valence-electron chi connectivity index (χ3n) is 6.92. The summed E-state index contributed by atoms with van der Waals surface area (Å²) in [6, 6.07) is 11.9. The molecule has 6 nitrogen and oxygen atoms in total. The number of carbonyl (C=O) groups excluding carboxylic acids is 1. The SMILES string of the molecule is CS(=O)(=O)N1CCC(CCOc2ccc3c(c2)C(=O)C(c2cccnc2)=C3c2cc(F)cc(F)c2)CC1.Cl. The highest BCUT2D eigenvalue weighted by Crippen LogP contribution is 2.43. The number of sulfonamides is 1. The molecule has 0 radical (unpaired) electrons. The van der Waals surface area contributed by atoms with Crippen molar-refractivity contribution in [2.24, 2.45) is 5.92 Å². The molecule has 3 aromatic rings. The Morgan fingerprint density at radius 3 is 2.32 bits per heavy atom. The number of halogens is 3. The van der Waals surface area contributed by atoms with Crippen LogP contribution in [0.5, 0.6) is 5.75 Å². The maximum Gasteiger partial charge on any atom is 0.211 e. The van der Waals surface area contributed by atoms with Gasteiger partial charge in [-0.05, 0) is 72.7 Å². The number of fused-ring (bicyclic) bond motifs is 1. The van der Waals surface area contributed by atoms with Crippen molar-refractivity contribution < 1.29 is 26.7 Å². The molecular weight excluding hydrogens is 534 g/mol. The van der Waals surface area contributed by atoms with Crippen LogP contribution in [0.3, 0.4) is 0 Å². The number of allylic oxidation sites excluding steroid dienone is 1. The van der Waals surface area contributed by atoms with Gasteiger partial charge in [-0.3, -0.25) is 9.78 Å². The zero-order valence-electron chi connectivity index (χ0n) is 20.7. The molecule has 2 heterocycles. The number of pyridine rings is 1. The number of ether oxygens (including phenoxy) is 1. The van der Waals surface area contributed by atoms with Crippen LogP contribution in [-0.4, -0.2) is 49.4 Å². The fourth-order valence-corrected chi connectivity index (χ4v) is 5.93. The molecule has 0 spiro atoms. The summed E-state index contributed by atoms with van der Waals surface area (Å²) in [6.07, 6.45) is 6.72. The Kier molecular flexibility index (Phi) is 8.30. The Labute approximate surface area is 226 Å². The lowest BCUT2D eigenvalue weighted by Gasteiger charge is -2.30. The van der Waals surface area contributed by atoms with Crippen molar-refractivity contribution in [1.82, 2.24) is 9.29 Å². The number of Topliss-reactive ketones (excluding diaryl/α,β-unsaturated/α-hetero) is 1. The summed E-state index contributed by atoms with van der Waals surface area (Å²) in [4.78, 5) is 17.7. The molecular formula is C28H27ClF2N2O4S. The van der Waals surface area contributed by atoms with Gasteiger partial charge < -0.3 is 4.74 Å². The fourth-order valence-electron chi connectivity index (χ4n) is 5.06. The van der Waals surface area contributed by atoms with Crippen LogP contribution in [-0.2, 0) is 10.0 Å². The molecule has 200 valence electrons. The van der Waals surface area contributed by atoms with Gasteiger partial charge in [-0.1, -0.05) is 6.07 Å². The summed E-state index contributed by atoms with van der Waals surface area (Å²) in [5.41, 5.74) is 2.61. The molecule has 1 fully saturated rings. The summed E-state index contributed by atoms with van der Waals surface area (Å²) in [6.45, 7) is 1.47. The van der Waals surface area contributed by atoms with E-state index in [0.29, 0.717) is 59.2 Å². The van der Waals surface area contributed by atoms with E-state index in [1.54, 1.807) is 42.7 Å². The van der Waals surface area contributed by atoms with Crippen molar-refractivity contribution in [1.29, 1.82) is 0 Å². The van der Waals surface area contributed by atoms with Gasteiger partial charge in [-0.15, -0.1) is 12.4 Å². The highest BCUT2D eigenvalue weighted by Gasteiger charge is 2.32. The number of carbonyl (C=O) groups is 1. The predicted molar refractivity (Wildman–Crippen MR) is 144 cm³/mol. The van der Waals surface area contributed by atoms with Gasteiger partial charge in [0.05, 0.1) is 12.9 Å². The van der Waals surface area contributed by atoms with Crippen molar-refractivity contribution >= 4 is 39.4 Å². The lowest BCUT2D eigenvalue weighted by Crippen LogP contribution is -2.38. The third kappa shape index (κ3) is 5.80. The molecule has 2 aliphatic rings. The number of nitrogens with zero attached hydrogens (tertiary/aromatic N) is 2. The highest BCUT2D eigenvalue weighted by molar-refractivity contribution is 7.88. The third-order valence-corrected chi connectivity index (χ3v) is 8.22. The summed E-state index contributed by atoms with van der Waals surface area (Å²) in [5, 5.41) is 0. The number of hydrogen-bond acceptors (Lipinski definition) is 5. The van der Waals surface area contributed by atoms with E-state index in [1.807, 2.05) is 0 Å². The largest absolute Gasteiger partial charge is 0.494 e. The van der Waals surface area contributed by atoms with Gasteiger partial charge in [0.2, 0.25) is 10.0 Å². The van der Waals surface area contributed by atoms with Gasteiger partial charge in [0.15, 0.2) is 5.78 Å². The maximum atomic E-state index is 14.1. The van der Waals surface area contributed by atoms with E-state index in [4.69, 9.17) is 4.74 Å². The van der Waals surface area contributed by atoms with Gasteiger partial charge in [-0.2, -0.15) is 0 Å². The van der Waals surface area contributed by atoms with E-state index in [9.17, 15) is 22.0 Å². The molecule has 10 heteroatoms. The van der Waals surface area contributed by atoms with Crippen molar-refractivity contribution in [3.63, 3.8) is 0 Å². The summed E-state index contributed by atoms with van der Waals surface area (Å²) in [5.74, 6) is -0.825. The summed E-state index contributed by atoms with van der Waals surface area (Å²) in [7, 11) is -3.16. The Morgan fingerprint density at radius 2 is 1.68 bits per heavy atom. The van der Waals surface area contributed by atoms with Crippen LogP contribution in [0.4, 0.5) is 8.78 Å². The summed E-state index contributed by atoms with van der Waals surface area (Å²) >= 11 is 0. The van der Waals surface area contributed by atoms with E-state index in [1.165, 1.54) is 22.7 Å². The van der Waals surface area contributed by atoms with Crippen LogP contribution < -0.4 is 4.74 Å². The second-order valence-corrected chi connectivity index (χ2v) is 11.4. The Morgan fingerprint density at radius 1 is 0.974 bits per heavy atom. The van der Waals surface area contributed by atoms with Crippen LogP contribution >= 0.6 is 12.4 Å². The number of ketones is 1. The van der Waals surface area contributed by atoms with Gasteiger partial charge in [-0.25, -0.2) is 21.5 Å². The van der Waals surface area contributed by atoms with E-state index in [2.05, 4.69) is 4.98 Å². The highest BCUT2D eigenvalue weighted by atomic mass is 35.5. The number of hydrogen-bond donors (Lipinski definition) is 0. The normalized spacial score (nSPS) is 16.3. The minimum absolute atomic E-state index is 0. The van der Waals surface area contributed by atoms with Gasteiger partial charge in [0.1, 0.15) is 17.4 Å². The molecule has 0 saturated carbocycles. The molecule has 0 bridgehead atoms. The first kappa shape index (κ1) is 27.9. The first-order valence-electron chi connectivity index (χ1n) is 12.1. The van der Waals surface area contributed by atoms with E-state index in [0.717, 1.165) is 25.3 Å². The van der Waals surface area contributed by atoms with Crippen molar-refractivity contribution in [2.75, 3.05) is 26.0 Å². The summed E-state index contributed by atoms with van der Waals surface area (Å²) < 4.78 is 59.1. The molecule has 0 unspecified atom stereocenters. The van der Waals surface area contributed by atoms with Gasteiger partial charge >= 0.3 is 0 Å². The molecule has 1 aromatic heterocycles.